The highest BCUT2D eigenvalue weighted by Gasteiger charge is 2.43. The van der Waals surface area contributed by atoms with Crippen LogP contribution in [0, 0.1) is 59.2 Å². The summed E-state index contributed by atoms with van der Waals surface area (Å²) in [5, 5.41) is 10.4. The third kappa shape index (κ3) is 21.4. The van der Waals surface area contributed by atoms with E-state index in [0.29, 0.717) is 0 Å². The minimum Gasteiger partial charge on any atom is -0.453 e. The van der Waals surface area contributed by atoms with Gasteiger partial charge < -0.3 is 49.7 Å². The van der Waals surface area contributed by atoms with Crippen molar-refractivity contribution in [1.29, 1.82) is 0 Å². The molecule has 22 heteroatoms. The van der Waals surface area contributed by atoms with E-state index in [1.165, 1.54) is 20.8 Å². The summed E-state index contributed by atoms with van der Waals surface area (Å²) in [4.78, 5) is 166. The monoisotopic (exact) mass is 1150 g/mol. The van der Waals surface area contributed by atoms with Crippen molar-refractivity contribution in [3.8, 4) is 0 Å². The van der Waals surface area contributed by atoms with Gasteiger partial charge in [-0.2, -0.15) is 0 Å². The van der Waals surface area contributed by atoms with Gasteiger partial charge in [0.1, 0.15) is 24.2 Å². The average Bonchev–Trinajstić information content (AvgIpc) is 3.39. The Morgan fingerprint density at radius 2 is 0.852 bits per heavy atom. The lowest BCUT2D eigenvalue weighted by molar-refractivity contribution is -0.167. The Hall–Kier alpha value is -5.96. The van der Waals surface area contributed by atoms with Crippen LogP contribution in [-0.2, 0) is 86.0 Å². The molecule has 0 aromatic rings. The van der Waals surface area contributed by atoms with Crippen LogP contribution in [0.3, 0.4) is 0 Å². The number of nitrogens with one attached hydrogen (secondary N) is 4. The molecule has 0 aromatic heterocycles. The Kier molecular flexibility index (Phi) is 27.4. The van der Waals surface area contributed by atoms with Crippen molar-refractivity contribution >= 4 is 71.0 Å². The lowest BCUT2D eigenvalue weighted by Crippen LogP contribution is -2.53. The van der Waals surface area contributed by atoms with Crippen molar-refractivity contribution in [3.63, 3.8) is 0 Å². The highest BCUT2D eigenvalue weighted by Crippen LogP contribution is 2.32. The summed E-state index contributed by atoms with van der Waals surface area (Å²) in [6.45, 7) is 25.6. The van der Waals surface area contributed by atoms with Crippen molar-refractivity contribution < 1.29 is 86.0 Å². The highest BCUT2D eigenvalue weighted by atomic mass is 16.6. The van der Waals surface area contributed by atoms with E-state index in [-0.39, 0.29) is 43.4 Å². The van der Waals surface area contributed by atoms with Gasteiger partial charge in [-0.1, -0.05) is 122 Å². The Labute approximate surface area is 478 Å². The molecule has 81 heavy (non-hydrogen) atoms. The molecular formula is C59H94N4O18. The largest absolute Gasteiger partial charge is 0.453 e. The molecule has 1 heterocycles. The molecular weight excluding hydrogens is 1050 g/mol. The van der Waals surface area contributed by atoms with Gasteiger partial charge in [-0.15, -0.1) is 0 Å². The summed E-state index contributed by atoms with van der Waals surface area (Å²) in [7, 11) is 0. The number of rotatable bonds is 9. The number of Topliss-reactive ketones (excluding diaryl/α,β-unsaturated/α-hetero) is 2. The number of fused-ring (bicyclic) bond motifs is 2. The molecule has 3 aliphatic rings. The number of amides is 4. The molecule has 0 radical (unpaired) electrons. The van der Waals surface area contributed by atoms with Gasteiger partial charge >= 0.3 is 35.8 Å². The van der Waals surface area contributed by atoms with Crippen LogP contribution in [0.2, 0.25) is 0 Å². The van der Waals surface area contributed by atoms with Gasteiger partial charge in [-0.25, -0.2) is 19.2 Å². The van der Waals surface area contributed by atoms with E-state index in [4.69, 9.17) is 28.4 Å². The van der Waals surface area contributed by atoms with E-state index < -0.39 is 186 Å². The van der Waals surface area contributed by atoms with Crippen molar-refractivity contribution in [3.05, 3.63) is 0 Å². The third-order valence-corrected chi connectivity index (χ3v) is 15.2. The first kappa shape index (κ1) is 69.3. The zero-order valence-electron chi connectivity index (χ0n) is 50.7. The number of cyclic esters (lactones) is 5. The number of hydrogen-bond donors (Lipinski definition) is 4. The van der Waals surface area contributed by atoms with Crippen molar-refractivity contribution in [2.45, 2.75) is 242 Å². The molecule has 4 amide bonds. The molecule has 0 spiro atoms. The molecule has 13 atom stereocenters. The second-order valence-corrected chi connectivity index (χ2v) is 24.8. The van der Waals surface area contributed by atoms with Crippen LogP contribution in [0.15, 0.2) is 0 Å². The smallest absolute Gasteiger partial charge is 0.329 e. The Morgan fingerprint density at radius 3 is 1.32 bits per heavy atom. The Balaban J connectivity index is 2.05. The second kappa shape index (κ2) is 32.0. The van der Waals surface area contributed by atoms with E-state index in [0.717, 1.165) is 32.1 Å². The molecule has 22 nitrogen and oxygen atoms in total. The summed E-state index contributed by atoms with van der Waals surface area (Å²) in [5.41, 5.74) is 0. The van der Waals surface area contributed by atoms with Crippen molar-refractivity contribution in [2.75, 3.05) is 0 Å². The number of ketones is 2. The summed E-state index contributed by atoms with van der Waals surface area (Å²) < 4.78 is 34.1. The maximum absolute atomic E-state index is 14.3. The SMILES string of the molecule is CC(C)C[C@H]1OC(=O)[C@H](C(C)C)CC(=O)[C@H](C)OC(=O)[C@@H](C(C)C)NC(=O)[C@@H](CC2CCCCC2)OC(=O)[C@H](C(C)C)NC(=O)[C@H](C)OC(=O)CC2CC(C)C[C@@H](OC(=O)[C@H](C(C)C)NC(=O)[C@H](C)OC(=O)[C@@H](C(C)C)NC1=O)C2=O. The lowest BCUT2D eigenvalue weighted by atomic mass is 9.78. The molecule has 2 unspecified atom stereocenters. The van der Waals surface area contributed by atoms with Gasteiger partial charge in [0.2, 0.25) is 0 Å². The predicted molar refractivity (Wildman–Crippen MR) is 293 cm³/mol. The van der Waals surface area contributed by atoms with E-state index >= 15 is 0 Å². The summed E-state index contributed by atoms with van der Waals surface area (Å²) in [6, 6.07) is -5.37. The molecule has 3 fully saturated rings. The van der Waals surface area contributed by atoms with Gasteiger partial charge in [0, 0.05) is 12.3 Å². The van der Waals surface area contributed by atoms with Crippen molar-refractivity contribution in [2.24, 2.45) is 59.2 Å². The summed E-state index contributed by atoms with van der Waals surface area (Å²) >= 11 is 0. The van der Waals surface area contributed by atoms with Crippen LogP contribution in [0.25, 0.3) is 0 Å². The van der Waals surface area contributed by atoms with Gasteiger partial charge in [0.25, 0.3) is 23.6 Å². The Bertz CT molecular complexity index is 2240. The zero-order valence-corrected chi connectivity index (χ0v) is 50.7. The van der Waals surface area contributed by atoms with Gasteiger partial charge in [-0.3, -0.25) is 38.4 Å². The normalized spacial score (nSPS) is 31.2. The van der Waals surface area contributed by atoms with Crippen LogP contribution in [-0.4, -0.2) is 132 Å². The van der Waals surface area contributed by atoms with E-state index in [9.17, 15) is 57.5 Å². The van der Waals surface area contributed by atoms with Crippen LogP contribution < -0.4 is 21.3 Å². The zero-order chi connectivity index (χ0) is 61.3. The topological polar surface area (TPSA) is 308 Å². The fraction of sp³-hybridized carbons (Fsp3) is 0.797. The van der Waals surface area contributed by atoms with E-state index in [1.807, 2.05) is 0 Å². The molecule has 4 N–H and O–H groups in total. The summed E-state index contributed by atoms with van der Waals surface area (Å²) in [6.07, 6.45) is -4.83. The fourth-order valence-electron chi connectivity index (χ4n) is 10.1. The first-order valence-electron chi connectivity index (χ1n) is 29.2. The van der Waals surface area contributed by atoms with Gasteiger partial charge in [0.05, 0.1) is 12.3 Å². The quantitative estimate of drug-likeness (QED) is 0.167. The molecule has 3 rings (SSSR count). The molecule has 1 saturated heterocycles. The maximum atomic E-state index is 14.3. The van der Waals surface area contributed by atoms with Crippen LogP contribution >= 0.6 is 0 Å². The third-order valence-electron chi connectivity index (χ3n) is 15.2. The molecule has 2 saturated carbocycles. The highest BCUT2D eigenvalue weighted by molar-refractivity contribution is 5.96. The summed E-state index contributed by atoms with van der Waals surface area (Å²) in [5.74, 6) is -15.9. The number of esters is 6. The average molecular weight is 1150 g/mol. The molecule has 0 aromatic carbocycles. The van der Waals surface area contributed by atoms with Crippen LogP contribution in [0.4, 0.5) is 0 Å². The number of ether oxygens (including phenoxy) is 6. The fourth-order valence-corrected chi connectivity index (χ4v) is 10.1. The van der Waals surface area contributed by atoms with E-state index in [1.54, 1.807) is 90.0 Å². The minimum absolute atomic E-state index is 0.00540. The van der Waals surface area contributed by atoms with E-state index in [2.05, 4.69) is 21.3 Å². The van der Waals surface area contributed by atoms with Crippen LogP contribution in [0.1, 0.15) is 181 Å². The molecule has 2 aliphatic carbocycles. The van der Waals surface area contributed by atoms with Gasteiger partial charge in [-0.05, 0) is 93.8 Å². The molecule has 1 aliphatic heterocycles. The van der Waals surface area contributed by atoms with Gasteiger partial charge in [0.15, 0.2) is 48.2 Å². The second-order valence-electron chi connectivity index (χ2n) is 24.8. The first-order chi connectivity index (χ1) is 37.7. The molecule has 458 valence electrons. The van der Waals surface area contributed by atoms with Crippen LogP contribution in [0.5, 0.6) is 0 Å². The molecule has 2 bridgehead atoms. The predicted octanol–water partition coefficient (Wildman–Crippen LogP) is 5.35. The van der Waals surface area contributed by atoms with Crippen molar-refractivity contribution in [1.82, 2.24) is 21.3 Å². The lowest BCUT2D eigenvalue weighted by Gasteiger charge is -2.33. The first-order valence-corrected chi connectivity index (χ1v) is 29.2. The number of carbonyl (C=O) groups is 12. The number of carbonyl (C=O) groups excluding carboxylic acids is 12. The number of hydrogen-bond acceptors (Lipinski definition) is 18. The standard InChI is InChI=1S/C59H94N4O18/c1-28(2)22-43-53(69)62-47(31(7)8)57(73)78-37(16)52(68)61-48(32(9)10)58(74)79-42-24-34(13)23-39(50(42)66)26-45(65)76-36(15)51(67)60-49(33(11)12)59(75)81-44(25-38-20-18-17-19-21-38)54(70)63-46(30(5)6)56(72)77-35(14)41(64)27-40(29(3)4)55(71)80-43/h28-40,42-44,46-49H,17-27H2,1-16H3,(H,60,67)(H,61,68)(H,62,69)(H,63,70)/t34?,35-,36-,37-,39?,40-,42+,43+,44+,46+,47+,48-,49-/m0/s1. The maximum Gasteiger partial charge on any atom is 0.329 e. The Morgan fingerprint density at radius 1 is 0.432 bits per heavy atom. The minimum atomic E-state index is -1.52.